The van der Waals surface area contributed by atoms with Gasteiger partial charge in [0.2, 0.25) is 0 Å². The Hall–Kier alpha value is -0.300. The molecule has 2 aliphatic rings. The highest BCUT2D eigenvalue weighted by molar-refractivity contribution is 5.15. The molecule has 9 heavy (non-hydrogen) atoms. The summed E-state index contributed by atoms with van der Waals surface area (Å²) in [5, 5.41) is 9.63. The lowest BCUT2D eigenvalue weighted by molar-refractivity contribution is 0.0344. The summed E-state index contributed by atoms with van der Waals surface area (Å²) in [5.74, 6) is 1.15. The number of hydrogen-bond acceptors (Lipinski definition) is 1. The average Bonchev–Trinajstić information content (AvgIpc) is 2.19. The molecule has 0 heterocycles. The van der Waals surface area contributed by atoms with Crippen molar-refractivity contribution in [3.05, 3.63) is 12.2 Å². The van der Waals surface area contributed by atoms with Gasteiger partial charge in [-0.05, 0) is 25.7 Å². The van der Waals surface area contributed by atoms with Gasteiger partial charge in [-0.1, -0.05) is 12.2 Å². The minimum atomic E-state index is -0.376. The second kappa shape index (κ2) is 1.40. The molecule has 0 radical (unpaired) electrons. The van der Waals surface area contributed by atoms with Crippen LogP contribution in [0.2, 0.25) is 0 Å². The van der Waals surface area contributed by atoms with Crippen LogP contribution in [0, 0.1) is 11.8 Å². The highest BCUT2D eigenvalue weighted by atomic mass is 16.3. The van der Waals surface area contributed by atoms with Gasteiger partial charge >= 0.3 is 0 Å². The molecule has 3 atom stereocenters. The summed E-state index contributed by atoms with van der Waals surface area (Å²) in [6.45, 7) is 1.95. The fourth-order valence-electron chi connectivity index (χ4n) is 2.07. The Morgan fingerprint density at radius 1 is 1.56 bits per heavy atom. The molecule has 1 N–H and O–H groups in total. The summed E-state index contributed by atoms with van der Waals surface area (Å²) in [4.78, 5) is 0. The van der Waals surface area contributed by atoms with E-state index in [1.54, 1.807) is 0 Å². The molecule has 0 amide bonds. The third kappa shape index (κ3) is 0.645. The zero-order valence-electron chi connectivity index (χ0n) is 5.67. The van der Waals surface area contributed by atoms with E-state index < -0.39 is 0 Å². The largest absolute Gasteiger partial charge is 0.390 e. The van der Waals surface area contributed by atoms with Gasteiger partial charge in [0.05, 0.1) is 5.60 Å². The minimum Gasteiger partial charge on any atom is -0.390 e. The van der Waals surface area contributed by atoms with Gasteiger partial charge in [-0.2, -0.15) is 0 Å². The van der Waals surface area contributed by atoms with Crippen molar-refractivity contribution in [1.29, 1.82) is 0 Å². The highest BCUT2D eigenvalue weighted by Gasteiger charge is 2.43. The van der Waals surface area contributed by atoms with Gasteiger partial charge in [-0.25, -0.2) is 0 Å². The molecule has 0 aromatic carbocycles. The van der Waals surface area contributed by atoms with Gasteiger partial charge in [0.1, 0.15) is 0 Å². The smallest absolute Gasteiger partial charge is 0.0687 e. The first-order chi connectivity index (χ1) is 4.18. The summed E-state index contributed by atoms with van der Waals surface area (Å²) in [6, 6.07) is 0. The summed E-state index contributed by atoms with van der Waals surface area (Å²) in [5.41, 5.74) is -0.376. The van der Waals surface area contributed by atoms with E-state index in [1.165, 1.54) is 6.42 Å². The highest BCUT2D eigenvalue weighted by Crippen LogP contribution is 2.45. The van der Waals surface area contributed by atoms with Gasteiger partial charge in [0, 0.05) is 5.92 Å². The summed E-state index contributed by atoms with van der Waals surface area (Å²) in [7, 11) is 0. The molecule has 0 aromatic heterocycles. The van der Waals surface area contributed by atoms with E-state index in [2.05, 4.69) is 12.2 Å². The predicted molar refractivity (Wildman–Crippen MR) is 36.0 cm³/mol. The Kier molecular flexibility index (Phi) is 0.854. The molecule has 0 aromatic rings. The van der Waals surface area contributed by atoms with Crippen LogP contribution in [-0.4, -0.2) is 10.7 Å². The zero-order chi connectivity index (χ0) is 6.48. The van der Waals surface area contributed by atoms with E-state index >= 15 is 0 Å². The molecule has 0 spiro atoms. The Morgan fingerprint density at radius 2 is 2.33 bits per heavy atom. The Bertz CT molecular complexity index is 158. The quantitative estimate of drug-likeness (QED) is 0.483. The van der Waals surface area contributed by atoms with Gasteiger partial charge < -0.3 is 5.11 Å². The van der Waals surface area contributed by atoms with Crippen LogP contribution in [0.15, 0.2) is 12.2 Å². The molecular formula is C8H12O. The van der Waals surface area contributed by atoms with Crippen LogP contribution >= 0.6 is 0 Å². The van der Waals surface area contributed by atoms with E-state index in [9.17, 15) is 5.11 Å². The van der Waals surface area contributed by atoms with Crippen molar-refractivity contribution in [2.24, 2.45) is 11.8 Å². The molecule has 0 unspecified atom stereocenters. The fraction of sp³-hybridized carbons (Fsp3) is 0.750. The molecular weight excluding hydrogens is 112 g/mol. The first-order valence-corrected chi connectivity index (χ1v) is 3.59. The number of hydrogen-bond donors (Lipinski definition) is 1. The molecule has 1 fully saturated rings. The standard InChI is InChI=1S/C8H12O/c1-8(9)5-6-2-3-7(8)4-6/h2-3,6-7,9H,4-5H2,1H3/t6-,7-,8+/m0/s1. The van der Waals surface area contributed by atoms with Crippen molar-refractivity contribution < 1.29 is 5.11 Å². The SMILES string of the molecule is C[C@@]1(O)C[C@H]2C=C[C@H]1C2. The summed E-state index contributed by atoms with van der Waals surface area (Å²) < 4.78 is 0. The van der Waals surface area contributed by atoms with Gasteiger partial charge in [-0.15, -0.1) is 0 Å². The molecule has 2 bridgehead atoms. The number of allylic oxidation sites excluding steroid dienone is 1. The lowest BCUT2D eigenvalue weighted by Crippen LogP contribution is -2.28. The minimum absolute atomic E-state index is 0.376. The van der Waals surface area contributed by atoms with Crippen molar-refractivity contribution in [1.82, 2.24) is 0 Å². The van der Waals surface area contributed by atoms with E-state index in [0.29, 0.717) is 11.8 Å². The Morgan fingerprint density at radius 3 is 2.56 bits per heavy atom. The zero-order valence-corrected chi connectivity index (χ0v) is 5.67. The van der Waals surface area contributed by atoms with Crippen molar-refractivity contribution >= 4 is 0 Å². The molecule has 1 heteroatoms. The van der Waals surface area contributed by atoms with Crippen LogP contribution in [0.3, 0.4) is 0 Å². The predicted octanol–water partition coefficient (Wildman–Crippen LogP) is 1.33. The first-order valence-electron chi connectivity index (χ1n) is 3.59. The molecule has 2 aliphatic carbocycles. The van der Waals surface area contributed by atoms with Gasteiger partial charge in [0.25, 0.3) is 0 Å². The molecule has 0 saturated heterocycles. The first kappa shape index (κ1) is 5.48. The average molecular weight is 124 g/mol. The number of rotatable bonds is 0. The van der Waals surface area contributed by atoms with E-state index in [4.69, 9.17) is 0 Å². The molecule has 50 valence electrons. The second-order valence-electron chi connectivity index (χ2n) is 3.55. The Labute approximate surface area is 55.4 Å². The maximum absolute atomic E-state index is 9.63. The monoisotopic (exact) mass is 124 g/mol. The fourth-order valence-corrected chi connectivity index (χ4v) is 2.07. The van der Waals surface area contributed by atoms with E-state index in [-0.39, 0.29) is 5.60 Å². The van der Waals surface area contributed by atoms with E-state index in [0.717, 1.165) is 6.42 Å². The van der Waals surface area contributed by atoms with Crippen LogP contribution in [0.1, 0.15) is 19.8 Å². The van der Waals surface area contributed by atoms with Crippen LogP contribution in [0.25, 0.3) is 0 Å². The third-order valence-electron chi connectivity index (χ3n) is 2.65. The molecule has 2 rings (SSSR count). The maximum atomic E-state index is 9.63. The lowest BCUT2D eigenvalue weighted by Gasteiger charge is -2.24. The van der Waals surface area contributed by atoms with Crippen LogP contribution in [0.5, 0.6) is 0 Å². The van der Waals surface area contributed by atoms with Crippen LogP contribution < -0.4 is 0 Å². The topological polar surface area (TPSA) is 20.2 Å². The summed E-state index contributed by atoms with van der Waals surface area (Å²) in [6.07, 6.45) is 6.57. The molecule has 1 nitrogen and oxygen atoms in total. The Balaban J connectivity index is 2.29. The molecule has 0 aliphatic heterocycles. The summed E-state index contributed by atoms with van der Waals surface area (Å²) >= 11 is 0. The normalized spacial score (nSPS) is 54.9. The van der Waals surface area contributed by atoms with Gasteiger partial charge in [-0.3, -0.25) is 0 Å². The van der Waals surface area contributed by atoms with Crippen molar-refractivity contribution in [2.75, 3.05) is 0 Å². The third-order valence-corrected chi connectivity index (χ3v) is 2.65. The van der Waals surface area contributed by atoms with Gasteiger partial charge in [0.15, 0.2) is 0 Å². The van der Waals surface area contributed by atoms with E-state index in [1.807, 2.05) is 6.92 Å². The van der Waals surface area contributed by atoms with Crippen LogP contribution in [0.4, 0.5) is 0 Å². The number of fused-ring (bicyclic) bond motifs is 2. The van der Waals surface area contributed by atoms with Crippen molar-refractivity contribution in [2.45, 2.75) is 25.4 Å². The second-order valence-corrected chi connectivity index (χ2v) is 3.55. The maximum Gasteiger partial charge on any atom is 0.0687 e. The number of aliphatic hydroxyl groups is 1. The molecule has 1 saturated carbocycles. The lowest BCUT2D eigenvalue weighted by atomic mass is 9.91. The van der Waals surface area contributed by atoms with Crippen molar-refractivity contribution in [3.8, 4) is 0 Å². The van der Waals surface area contributed by atoms with Crippen LogP contribution in [-0.2, 0) is 0 Å². The van der Waals surface area contributed by atoms with Crippen molar-refractivity contribution in [3.63, 3.8) is 0 Å².